The Hall–Kier alpha value is 0.764. The third-order valence-corrected chi connectivity index (χ3v) is 25.8. The van der Waals surface area contributed by atoms with Gasteiger partial charge in [0.25, 0.3) is 0 Å². The van der Waals surface area contributed by atoms with Crippen LogP contribution in [0.1, 0.15) is 103 Å². The van der Waals surface area contributed by atoms with Gasteiger partial charge in [-0.25, -0.2) is 0 Å². The first kappa shape index (κ1) is 46.8. The van der Waals surface area contributed by atoms with Gasteiger partial charge < -0.3 is 36.1 Å². The molecular weight excluding hydrogens is 665 g/mol. The summed E-state index contributed by atoms with van der Waals surface area (Å²) >= 11 is 0. The number of ether oxygens (including phenoxy) is 2. The molecule has 0 aromatic rings. The maximum atomic E-state index is 8.91. The first-order valence-electron chi connectivity index (χ1n) is 18.6. The number of hydrogen-bond donors (Lipinski definition) is 2. The normalized spacial score (nSPS) is 15.8. The fourth-order valence-electron chi connectivity index (χ4n) is 6.17. The molecule has 0 heterocycles. The van der Waals surface area contributed by atoms with Crippen LogP contribution in [-0.2, 0) is 25.9 Å². The van der Waals surface area contributed by atoms with Crippen LogP contribution in [0.3, 0.4) is 0 Å². The topological polar surface area (TPSA) is 95.8 Å². The van der Waals surface area contributed by atoms with Gasteiger partial charge in [0.05, 0.1) is 19.8 Å². The summed E-state index contributed by atoms with van der Waals surface area (Å²) in [6.45, 7) is 25.8. The summed E-state index contributed by atoms with van der Waals surface area (Å²) in [5, 5.41) is 17.8. The number of aliphatic hydroxyl groups is 2. The van der Waals surface area contributed by atoms with Crippen molar-refractivity contribution in [1.29, 1.82) is 0 Å². The van der Waals surface area contributed by atoms with Crippen LogP contribution >= 0.6 is 0 Å². The molecule has 8 nitrogen and oxygen atoms in total. The lowest BCUT2D eigenvalue weighted by molar-refractivity contribution is -0.100. The van der Waals surface area contributed by atoms with Crippen LogP contribution in [0, 0.1) is 0 Å². The largest absolute Gasteiger partial charge is 0.437 e. The molecule has 0 fully saturated rings. The molecule has 2 N–H and O–H groups in total. The number of rotatable bonds is 32. The van der Waals surface area contributed by atoms with Crippen LogP contribution in [0.25, 0.3) is 0 Å². The lowest BCUT2D eigenvalue weighted by atomic mass is 10.0. The summed E-state index contributed by atoms with van der Waals surface area (Å²) in [7, 11) is -11.2. The highest BCUT2D eigenvalue weighted by molar-refractivity contribution is 6.90. The van der Waals surface area contributed by atoms with E-state index < -0.39 is 48.6 Å². The van der Waals surface area contributed by atoms with Crippen molar-refractivity contribution in [2.24, 2.45) is 0 Å². The lowest BCUT2D eigenvalue weighted by Gasteiger charge is -2.44. The van der Waals surface area contributed by atoms with Crippen LogP contribution in [0.2, 0.25) is 77.6 Å². The molecule has 2 atom stereocenters. The summed E-state index contributed by atoms with van der Waals surface area (Å²) in [5.41, 5.74) is 0. The smallest absolute Gasteiger partial charge is 0.317 e. The average molecular weight is 743 g/mol. The minimum absolute atomic E-state index is 0.101. The van der Waals surface area contributed by atoms with Gasteiger partial charge in [0, 0.05) is 6.61 Å². The van der Waals surface area contributed by atoms with E-state index in [9.17, 15) is 0 Å². The van der Waals surface area contributed by atoms with Crippen LogP contribution < -0.4 is 0 Å². The van der Waals surface area contributed by atoms with Crippen molar-refractivity contribution >= 4 is 42.3 Å². The second-order valence-electron chi connectivity index (χ2n) is 15.9. The maximum absolute atomic E-state index is 8.91. The Morgan fingerprint density at radius 3 is 1.30 bits per heavy atom. The molecule has 0 amide bonds. The fourth-order valence-corrected chi connectivity index (χ4v) is 30.0. The molecule has 0 aliphatic carbocycles. The molecule has 46 heavy (non-hydrogen) atoms. The van der Waals surface area contributed by atoms with E-state index in [1.807, 2.05) is 0 Å². The summed E-state index contributed by atoms with van der Waals surface area (Å²) < 4.78 is 38.8. The second kappa shape index (κ2) is 24.8. The van der Waals surface area contributed by atoms with Gasteiger partial charge in [-0.2, -0.15) is 0 Å². The summed E-state index contributed by atoms with van der Waals surface area (Å²) in [6.07, 6.45) is 18.3. The summed E-state index contributed by atoms with van der Waals surface area (Å²) in [4.78, 5) is 0. The minimum Gasteiger partial charge on any atom is -0.437 e. The molecule has 13 heteroatoms. The first-order valence-corrected chi connectivity index (χ1v) is 33.3. The molecule has 0 aromatic heterocycles. The molecule has 0 aliphatic heterocycles. The fraction of sp³-hybridized carbons (Fsp3) is 1.00. The lowest BCUT2D eigenvalue weighted by Crippen LogP contribution is -2.60. The van der Waals surface area contributed by atoms with Gasteiger partial charge >= 0.3 is 25.7 Å². The SMILES string of the molecule is CCCCCCCCCCCCCCCC[Si](C)(O[Si](C)(C)O[Si](C)(C)C)O[Si](C)(CCCOCCOCC(O)O)O[Si](C)(C)C. The molecule has 0 radical (unpaired) electrons. The molecule has 0 aromatic carbocycles. The van der Waals surface area contributed by atoms with Crippen molar-refractivity contribution < 1.29 is 36.1 Å². The Morgan fingerprint density at radius 1 is 0.435 bits per heavy atom. The molecule has 278 valence electrons. The Labute approximate surface area is 291 Å². The Balaban J connectivity index is 5.07. The zero-order chi connectivity index (χ0) is 35.2. The van der Waals surface area contributed by atoms with E-state index in [0.717, 1.165) is 24.9 Å². The van der Waals surface area contributed by atoms with E-state index in [1.54, 1.807) is 0 Å². The second-order valence-corrected chi connectivity index (χ2v) is 36.0. The van der Waals surface area contributed by atoms with Gasteiger partial charge in [0.1, 0.15) is 0 Å². The van der Waals surface area contributed by atoms with Gasteiger partial charge in [-0.3, -0.25) is 0 Å². The quantitative estimate of drug-likeness (QED) is 0.0400. The molecule has 0 rings (SSSR count). The monoisotopic (exact) mass is 742 g/mol. The van der Waals surface area contributed by atoms with Crippen LogP contribution in [-0.4, -0.2) is 85.2 Å². The minimum atomic E-state index is -2.61. The number of unbranched alkanes of at least 4 members (excludes halogenated alkanes) is 13. The Kier molecular flexibility index (Phi) is 25.2. The zero-order valence-corrected chi connectivity index (χ0v) is 37.3. The van der Waals surface area contributed by atoms with Gasteiger partial charge in [-0.1, -0.05) is 96.8 Å². The van der Waals surface area contributed by atoms with Gasteiger partial charge in [-0.15, -0.1) is 0 Å². The van der Waals surface area contributed by atoms with Crippen LogP contribution in [0.5, 0.6) is 0 Å². The van der Waals surface area contributed by atoms with Crippen LogP contribution in [0.15, 0.2) is 0 Å². The molecule has 0 bridgehead atoms. The van der Waals surface area contributed by atoms with Gasteiger partial charge in [-0.05, 0) is 84.0 Å². The molecule has 0 saturated heterocycles. The van der Waals surface area contributed by atoms with Crippen molar-refractivity contribution in [1.82, 2.24) is 0 Å². The molecular formula is C33H78O8Si5. The van der Waals surface area contributed by atoms with Crippen molar-refractivity contribution in [3.8, 4) is 0 Å². The van der Waals surface area contributed by atoms with Crippen molar-refractivity contribution in [3.63, 3.8) is 0 Å². The predicted molar refractivity (Wildman–Crippen MR) is 206 cm³/mol. The summed E-state index contributed by atoms with van der Waals surface area (Å²) in [5.74, 6) is 0. The molecule has 0 aliphatic rings. The van der Waals surface area contributed by atoms with E-state index in [-0.39, 0.29) is 6.61 Å². The van der Waals surface area contributed by atoms with E-state index >= 15 is 0 Å². The molecule has 0 spiro atoms. The molecule has 0 saturated carbocycles. The number of hydrogen-bond acceptors (Lipinski definition) is 8. The zero-order valence-electron chi connectivity index (χ0n) is 32.3. The Bertz CT molecular complexity index is 736. The van der Waals surface area contributed by atoms with E-state index in [0.29, 0.717) is 19.8 Å². The number of aliphatic hydroxyl groups excluding tert-OH is 1. The van der Waals surface area contributed by atoms with E-state index in [1.165, 1.54) is 83.5 Å². The highest BCUT2D eigenvalue weighted by Crippen LogP contribution is 2.32. The van der Waals surface area contributed by atoms with Crippen molar-refractivity contribution in [2.75, 3.05) is 26.4 Å². The third-order valence-electron chi connectivity index (χ3n) is 7.51. The molecule has 2 unspecified atom stereocenters. The van der Waals surface area contributed by atoms with Crippen LogP contribution in [0.4, 0.5) is 0 Å². The highest BCUT2D eigenvalue weighted by atomic mass is 28.5. The third kappa shape index (κ3) is 29.7. The maximum Gasteiger partial charge on any atom is 0.317 e. The highest BCUT2D eigenvalue weighted by Gasteiger charge is 2.48. The standard InChI is InChI=1S/C33H78O8Si5/c1-12-13-14-15-16-17-18-19-20-21-22-23-24-25-30-46(11,40-44(8,9)38-42(2,3)4)41-45(10,39-43(5,6)7)31-26-27-36-28-29-37-32-33(34)35/h33-35H,12-32H2,1-11H3. The van der Waals surface area contributed by atoms with E-state index in [2.05, 4.69) is 72.4 Å². The Morgan fingerprint density at radius 2 is 0.848 bits per heavy atom. The average Bonchev–Trinajstić information content (AvgIpc) is 2.87. The van der Waals surface area contributed by atoms with E-state index in [4.69, 9.17) is 36.1 Å². The predicted octanol–water partition coefficient (Wildman–Crippen LogP) is 9.78. The van der Waals surface area contributed by atoms with Crippen molar-refractivity contribution in [3.05, 3.63) is 0 Å². The van der Waals surface area contributed by atoms with Crippen molar-refractivity contribution in [2.45, 2.75) is 187 Å². The van der Waals surface area contributed by atoms with Gasteiger partial charge in [0.15, 0.2) is 22.9 Å². The summed E-state index contributed by atoms with van der Waals surface area (Å²) in [6, 6.07) is 1.81. The first-order chi connectivity index (χ1) is 21.3. The van der Waals surface area contributed by atoms with Gasteiger partial charge in [0.2, 0.25) is 0 Å².